The highest BCUT2D eigenvalue weighted by atomic mass is 31.0. The first-order chi connectivity index (χ1) is 24.8. The number of terminal acetylenes is 1. The summed E-state index contributed by atoms with van der Waals surface area (Å²) in [4.78, 5) is 19.9. The number of piperazine rings is 1. The molecular formula is C41H46FN6O2P. The highest BCUT2D eigenvalue weighted by Gasteiger charge is 2.51. The third-order valence-electron chi connectivity index (χ3n) is 11.5. The van der Waals surface area contributed by atoms with Gasteiger partial charge in [-0.2, -0.15) is 9.97 Å². The molecule has 51 heavy (non-hydrogen) atoms. The van der Waals surface area contributed by atoms with Gasteiger partial charge in [0.2, 0.25) is 0 Å². The van der Waals surface area contributed by atoms with Gasteiger partial charge in [0.25, 0.3) is 0 Å². The lowest BCUT2D eigenvalue weighted by atomic mass is 9.94. The smallest absolute Gasteiger partial charge is 0.319 e. The number of aromatic nitrogens is 2. The van der Waals surface area contributed by atoms with Crippen molar-refractivity contribution in [2.45, 2.75) is 82.0 Å². The molecule has 2 aromatic carbocycles. The third-order valence-corrected chi connectivity index (χ3v) is 11.8. The van der Waals surface area contributed by atoms with Crippen LogP contribution in [0.25, 0.3) is 22.8 Å². The van der Waals surface area contributed by atoms with Crippen molar-refractivity contribution in [2.75, 3.05) is 37.7 Å². The first-order valence-electron chi connectivity index (χ1n) is 18.2. The van der Waals surface area contributed by atoms with Crippen LogP contribution in [0.1, 0.15) is 69.4 Å². The molecule has 5 unspecified atom stereocenters. The van der Waals surface area contributed by atoms with Crippen LogP contribution in [0.4, 0.5) is 10.2 Å². The minimum absolute atomic E-state index is 0.140. The minimum atomic E-state index is -0.415. The maximum Gasteiger partial charge on any atom is 0.319 e. The molecule has 1 aromatic heterocycles. The molecule has 5 fully saturated rings. The first kappa shape index (κ1) is 34.0. The standard InChI is InChI=1S/C41H46FN6O2P/c1-4-33-36(42)14-11-29-9-6-10-34(38(29)33)27(3)43-18-35-37(24-51)45-40(46-39(35)47-20-30-12-13-31(21-47)44-30)50-25-41-16-15-32(48(41)19-26(2)17-41)23-49-22-28-7-5-8-28/h1,6,9-11,14,18,22,24,30-32,44H,2,5,7-8,12-13,15-17,19-21,23,25,51H2,3H3/b35-18+,37-24-,43-27?. The summed E-state index contributed by atoms with van der Waals surface area (Å²) in [7, 11) is 2.70. The predicted octanol–water partition coefficient (Wildman–Crippen LogP) is 5.18. The molecule has 0 amide bonds. The minimum Gasteiger partial charge on any atom is -0.500 e. The van der Waals surface area contributed by atoms with Gasteiger partial charge in [-0.3, -0.25) is 9.89 Å². The molecule has 1 N–H and O–H groups in total. The van der Waals surface area contributed by atoms with Crippen molar-refractivity contribution >= 4 is 43.6 Å². The summed E-state index contributed by atoms with van der Waals surface area (Å²) in [5, 5.41) is 6.83. The summed E-state index contributed by atoms with van der Waals surface area (Å²) in [6, 6.07) is 10.5. The van der Waals surface area contributed by atoms with Gasteiger partial charge in [-0.25, -0.2) is 4.39 Å². The van der Waals surface area contributed by atoms with E-state index >= 15 is 0 Å². The summed E-state index contributed by atoms with van der Waals surface area (Å²) >= 11 is 0. The zero-order chi connectivity index (χ0) is 35.1. The van der Waals surface area contributed by atoms with Crippen molar-refractivity contribution in [2.24, 2.45) is 4.99 Å². The Kier molecular flexibility index (Phi) is 9.44. The average molecular weight is 705 g/mol. The number of halogens is 1. The lowest BCUT2D eigenvalue weighted by molar-refractivity contribution is 0.0598. The van der Waals surface area contributed by atoms with Crippen LogP contribution >= 0.6 is 9.24 Å². The Labute approximate surface area is 301 Å². The van der Waals surface area contributed by atoms with Crippen LogP contribution in [0.5, 0.6) is 6.01 Å². The highest BCUT2D eigenvalue weighted by Crippen LogP contribution is 2.44. The lowest BCUT2D eigenvalue weighted by Gasteiger charge is -2.35. The van der Waals surface area contributed by atoms with Crippen LogP contribution in [0, 0.1) is 18.2 Å². The predicted molar refractivity (Wildman–Crippen MR) is 206 cm³/mol. The zero-order valence-electron chi connectivity index (χ0n) is 29.3. The fourth-order valence-corrected chi connectivity index (χ4v) is 8.99. The Bertz CT molecular complexity index is 2090. The number of ether oxygens (including phenoxy) is 2. The first-order valence-corrected chi connectivity index (χ1v) is 18.9. The Morgan fingerprint density at radius 2 is 2.02 bits per heavy atom. The third kappa shape index (κ3) is 6.59. The number of allylic oxidation sites excluding steroid dienone is 1. The van der Waals surface area contributed by atoms with Crippen LogP contribution in [-0.4, -0.2) is 77.1 Å². The maximum absolute atomic E-state index is 14.8. The fourth-order valence-electron chi connectivity index (χ4n) is 8.73. The van der Waals surface area contributed by atoms with Gasteiger partial charge in [0.1, 0.15) is 24.8 Å². The lowest BCUT2D eigenvalue weighted by Crippen LogP contribution is -2.53. The van der Waals surface area contributed by atoms with E-state index in [4.69, 9.17) is 30.9 Å². The second-order valence-electron chi connectivity index (χ2n) is 14.9. The maximum atomic E-state index is 14.8. The van der Waals surface area contributed by atoms with Gasteiger partial charge in [-0.1, -0.05) is 42.3 Å². The summed E-state index contributed by atoms with van der Waals surface area (Å²) < 4.78 is 27.5. The molecule has 8 nitrogen and oxygen atoms in total. The van der Waals surface area contributed by atoms with Crippen molar-refractivity contribution in [3.05, 3.63) is 81.8 Å². The quantitative estimate of drug-likeness (QED) is 0.108. The molecule has 4 aliphatic heterocycles. The zero-order valence-corrected chi connectivity index (χ0v) is 30.5. The molecule has 10 heteroatoms. The Morgan fingerprint density at radius 1 is 1.20 bits per heavy atom. The van der Waals surface area contributed by atoms with Crippen LogP contribution < -0.4 is 25.5 Å². The number of anilines is 1. The topological polar surface area (TPSA) is 75.1 Å². The largest absolute Gasteiger partial charge is 0.500 e. The van der Waals surface area contributed by atoms with E-state index in [2.05, 4.69) is 36.9 Å². The molecule has 5 heterocycles. The second-order valence-corrected chi connectivity index (χ2v) is 15.2. The van der Waals surface area contributed by atoms with E-state index in [0.717, 1.165) is 91.9 Å². The molecule has 3 aromatic rings. The number of nitrogens with zero attached hydrogens (tertiary/aromatic N) is 5. The number of benzene rings is 2. The SMILES string of the molecule is C#Cc1c(F)ccc2cccc(C(C)=N/C=c3/c(N4CC5CCC(C4)N5)nc(OCC45CCC(COC=C6CCC6)N4CC(=C)C5)n/c3=C\P)c12. The van der Waals surface area contributed by atoms with Crippen molar-refractivity contribution in [3.63, 3.8) is 0 Å². The van der Waals surface area contributed by atoms with Crippen molar-refractivity contribution in [3.8, 4) is 18.4 Å². The number of nitrogens with one attached hydrogen (secondary N) is 1. The summed E-state index contributed by atoms with van der Waals surface area (Å²) in [5.41, 5.74) is 4.27. The van der Waals surface area contributed by atoms with Gasteiger partial charge in [0.05, 0.1) is 27.9 Å². The van der Waals surface area contributed by atoms with Gasteiger partial charge in [-0.05, 0) is 81.1 Å². The molecule has 1 aliphatic carbocycles. The van der Waals surface area contributed by atoms with E-state index in [-0.39, 0.29) is 11.1 Å². The Balaban J connectivity index is 1.12. The monoisotopic (exact) mass is 704 g/mol. The van der Waals surface area contributed by atoms with E-state index in [9.17, 15) is 4.39 Å². The molecule has 1 saturated carbocycles. The molecular weight excluding hydrogens is 658 g/mol. The van der Waals surface area contributed by atoms with Gasteiger partial charge < -0.3 is 19.7 Å². The summed E-state index contributed by atoms with van der Waals surface area (Å²) in [6.45, 7) is 10.0. The van der Waals surface area contributed by atoms with Crippen LogP contribution in [0.15, 0.2) is 59.3 Å². The molecule has 8 rings (SSSR count). The normalized spacial score (nSPS) is 26.8. The van der Waals surface area contributed by atoms with Crippen molar-refractivity contribution in [1.29, 1.82) is 0 Å². The molecule has 5 atom stereocenters. The highest BCUT2D eigenvalue weighted by molar-refractivity contribution is 7.27. The van der Waals surface area contributed by atoms with E-state index < -0.39 is 5.82 Å². The number of aliphatic imine (C=N–C) groups is 1. The second kappa shape index (κ2) is 14.1. The van der Waals surface area contributed by atoms with E-state index in [1.807, 2.05) is 43.4 Å². The van der Waals surface area contributed by atoms with Crippen LogP contribution in [0.3, 0.4) is 0 Å². The number of hydrogen-bond acceptors (Lipinski definition) is 8. The Hall–Kier alpha value is -4.09. The van der Waals surface area contributed by atoms with Gasteiger partial charge in [-0.15, -0.1) is 15.7 Å². The van der Waals surface area contributed by atoms with E-state index in [1.165, 1.54) is 23.6 Å². The number of fused-ring (bicyclic) bond motifs is 4. The molecule has 0 radical (unpaired) electrons. The van der Waals surface area contributed by atoms with Crippen LogP contribution in [0.2, 0.25) is 0 Å². The molecule has 4 saturated heterocycles. The van der Waals surface area contributed by atoms with Crippen molar-refractivity contribution < 1.29 is 13.9 Å². The van der Waals surface area contributed by atoms with E-state index in [0.29, 0.717) is 48.4 Å². The number of hydrogen-bond donors (Lipinski definition) is 1. The van der Waals surface area contributed by atoms with Crippen LogP contribution in [-0.2, 0) is 4.74 Å². The molecule has 0 spiro atoms. The van der Waals surface area contributed by atoms with Gasteiger partial charge in [0, 0.05) is 60.6 Å². The number of rotatable bonds is 9. The molecule has 5 aliphatic rings. The van der Waals surface area contributed by atoms with E-state index in [1.54, 1.807) is 6.07 Å². The molecule has 2 bridgehead atoms. The van der Waals surface area contributed by atoms with Gasteiger partial charge >= 0.3 is 6.01 Å². The fraction of sp³-hybridized carbons (Fsp3) is 0.439. The summed E-state index contributed by atoms with van der Waals surface area (Å²) in [6.07, 6.45) is 18.5. The summed E-state index contributed by atoms with van der Waals surface area (Å²) in [5.74, 6) is 4.86. The molecule has 264 valence electrons. The van der Waals surface area contributed by atoms with Gasteiger partial charge in [0.15, 0.2) is 0 Å². The average Bonchev–Trinajstić information content (AvgIpc) is 3.75. The van der Waals surface area contributed by atoms with Crippen molar-refractivity contribution in [1.82, 2.24) is 20.2 Å². The Morgan fingerprint density at radius 3 is 2.76 bits per heavy atom.